The minimum absolute atomic E-state index is 0.226. The van der Waals surface area contributed by atoms with E-state index < -0.39 is 0 Å². The van der Waals surface area contributed by atoms with Crippen molar-refractivity contribution in [2.75, 3.05) is 6.54 Å². The maximum absolute atomic E-state index is 13.1. The van der Waals surface area contributed by atoms with Crippen LogP contribution < -0.4 is 5.32 Å². The van der Waals surface area contributed by atoms with Gasteiger partial charge in [0.15, 0.2) is 0 Å². The van der Waals surface area contributed by atoms with Gasteiger partial charge in [-0.15, -0.1) is 0 Å². The van der Waals surface area contributed by atoms with Gasteiger partial charge in [-0.1, -0.05) is 6.07 Å². The number of hydrogen-bond acceptors (Lipinski definition) is 1. The molecule has 4 heteroatoms. The van der Waals surface area contributed by atoms with Gasteiger partial charge in [-0.05, 0) is 62.9 Å². The van der Waals surface area contributed by atoms with Gasteiger partial charge in [0.25, 0.3) is 5.91 Å². The Balaban J connectivity index is 1.59. The van der Waals surface area contributed by atoms with Crippen LogP contribution in [-0.2, 0) is 6.42 Å². The molecule has 3 rings (SSSR count). The van der Waals surface area contributed by atoms with E-state index in [0.29, 0.717) is 18.2 Å². The molecule has 0 bridgehead atoms. The summed E-state index contributed by atoms with van der Waals surface area (Å²) in [5.74, 6) is -0.615. The summed E-state index contributed by atoms with van der Waals surface area (Å²) in [6.45, 7) is 4.85. The molecule has 3 nitrogen and oxygen atoms in total. The third-order valence-electron chi connectivity index (χ3n) is 4.27. The summed E-state index contributed by atoms with van der Waals surface area (Å²) < 4.78 is 15.5. The molecule has 1 amide bonds. The molecule has 1 aromatic heterocycles. The first-order valence-electron chi connectivity index (χ1n) is 7.77. The molecule has 1 saturated carbocycles. The van der Waals surface area contributed by atoms with Crippen LogP contribution in [0.2, 0.25) is 0 Å². The standard InChI is InChI=1S/C18H21FN2O/c1-12-10-14(13(2)21(12)17-6-7-17)8-9-20-18(22)15-4-3-5-16(19)11-15/h3-5,10-11,17H,6-9H2,1-2H3,(H,20,22). The molecular weight excluding hydrogens is 279 g/mol. The number of benzene rings is 1. The number of hydrogen-bond donors (Lipinski definition) is 1. The van der Waals surface area contributed by atoms with Crippen molar-refractivity contribution >= 4 is 5.91 Å². The fourth-order valence-electron chi connectivity index (χ4n) is 3.04. The first-order chi connectivity index (χ1) is 10.6. The molecule has 1 aliphatic rings. The molecule has 2 aromatic rings. The molecule has 0 spiro atoms. The van der Waals surface area contributed by atoms with Crippen LogP contribution in [0, 0.1) is 19.7 Å². The molecule has 1 fully saturated rings. The summed E-state index contributed by atoms with van der Waals surface area (Å²) in [7, 11) is 0. The van der Waals surface area contributed by atoms with Gasteiger partial charge in [0, 0.05) is 29.5 Å². The number of halogens is 1. The molecule has 0 unspecified atom stereocenters. The zero-order valence-corrected chi connectivity index (χ0v) is 13.0. The van der Waals surface area contributed by atoms with E-state index in [2.05, 4.69) is 29.8 Å². The Kier molecular flexibility index (Phi) is 4.01. The average Bonchev–Trinajstić information content (AvgIpc) is 3.26. The Morgan fingerprint density at radius 1 is 1.32 bits per heavy atom. The van der Waals surface area contributed by atoms with Crippen molar-refractivity contribution in [1.29, 1.82) is 0 Å². The summed E-state index contributed by atoms with van der Waals surface area (Å²) in [4.78, 5) is 12.0. The fraction of sp³-hybridized carbons (Fsp3) is 0.389. The van der Waals surface area contributed by atoms with Crippen molar-refractivity contribution in [3.05, 3.63) is 58.7 Å². The van der Waals surface area contributed by atoms with Crippen molar-refractivity contribution in [3.63, 3.8) is 0 Å². The minimum atomic E-state index is -0.388. The Hall–Kier alpha value is -2.10. The topological polar surface area (TPSA) is 34.0 Å². The predicted molar refractivity (Wildman–Crippen MR) is 84.6 cm³/mol. The van der Waals surface area contributed by atoms with Gasteiger partial charge in [-0.3, -0.25) is 4.79 Å². The van der Waals surface area contributed by atoms with Gasteiger partial charge in [-0.2, -0.15) is 0 Å². The van der Waals surface area contributed by atoms with Crippen LogP contribution >= 0.6 is 0 Å². The summed E-state index contributed by atoms with van der Waals surface area (Å²) in [5.41, 5.74) is 4.25. The van der Waals surface area contributed by atoms with Crippen LogP contribution in [0.1, 0.15) is 46.2 Å². The lowest BCUT2D eigenvalue weighted by molar-refractivity contribution is 0.0953. The maximum Gasteiger partial charge on any atom is 0.251 e. The number of carbonyl (C=O) groups is 1. The maximum atomic E-state index is 13.1. The van der Waals surface area contributed by atoms with Crippen LogP contribution in [0.15, 0.2) is 30.3 Å². The van der Waals surface area contributed by atoms with E-state index in [1.54, 1.807) is 12.1 Å². The minimum Gasteiger partial charge on any atom is -0.352 e. The van der Waals surface area contributed by atoms with Crippen LogP contribution in [0.5, 0.6) is 0 Å². The molecule has 0 saturated heterocycles. The normalized spacial score (nSPS) is 14.1. The van der Waals surface area contributed by atoms with Crippen molar-refractivity contribution in [1.82, 2.24) is 9.88 Å². The van der Waals surface area contributed by atoms with Crippen LogP contribution in [0.3, 0.4) is 0 Å². The van der Waals surface area contributed by atoms with Crippen LogP contribution in [0.25, 0.3) is 0 Å². The fourth-order valence-corrected chi connectivity index (χ4v) is 3.04. The van der Waals surface area contributed by atoms with Gasteiger partial charge in [0.05, 0.1) is 0 Å². The molecule has 1 heterocycles. The summed E-state index contributed by atoms with van der Waals surface area (Å²) >= 11 is 0. The van der Waals surface area contributed by atoms with Gasteiger partial charge in [0.1, 0.15) is 5.82 Å². The molecule has 1 N–H and O–H groups in total. The van der Waals surface area contributed by atoms with E-state index in [0.717, 1.165) is 6.42 Å². The van der Waals surface area contributed by atoms with Crippen molar-refractivity contribution in [3.8, 4) is 0 Å². The van der Waals surface area contributed by atoms with Gasteiger partial charge >= 0.3 is 0 Å². The lowest BCUT2D eigenvalue weighted by atomic mass is 10.1. The summed E-state index contributed by atoms with van der Waals surface area (Å²) in [6.07, 6.45) is 3.34. The molecule has 22 heavy (non-hydrogen) atoms. The molecule has 0 atom stereocenters. The Labute approximate surface area is 130 Å². The number of aromatic nitrogens is 1. The molecule has 116 valence electrons. The zero-order chi connectivity index (χ0) is 15.7. The van der Waals surface area contributed by atoms with Gasteiger partial charge in [0.2, 0.25) is 0 Å². The first kappa shape index (κ1) is 14.8. The lowest BCUT2D eigenvalue weighted by Gasteiger charge is -2.08. The summed E-state index contributed by atoms with van der Waals surface area (Å²) in [5, 5.41) is 2.86. The Morgan fingerprint density at radius 2 is 2.09 bits per heavy atom. The third-order valence-corrected chi connectivity index (χ3v) is 4.27. The smallest absolute Gasteiger partial charge is 0.251 e. The molecule has 1 aliphatic carbocycles. The van der Waals surface area contributed by atoms with E-state index >= 15 is 0 Å². The van der Waals surface area contributed by atoms with Crippen molar-refractivity contribution in [2.24, 2.45) is 0 Å². The molecule has 0 aliphatic heterocycles. The van der Waals surface area contributed by atoms with Crippen molar-refractivity contribution in [2.45, 2.75) is 39.2 Å². The second kappa shape index (κ2) is 5.95. The van der Waals surface area contributed by atoms with E-state index in [-0.39, 0.29) is 11.7 Å². The van der Waals surface area contributed by atoms with Gasteiger partial charge in [-0.25, -0.2) is 4.39 Å². The van der Waals surface area contributed by atoms with Gasteiger partial charge < -0.3 is 9.88 Å². The average molecular weight is 300 g/mol. The largest absolute Gasteiger partial charge is 0.352 e. The Morgan fingerprint density at radius 3 is 2.77 bits per heavy atom. The number of nitrogens with zero attached hydrogens (tertiary/aromatic N) is 1. The number of carbonyl (C=O) groups excluding carboxylic acids is 1. The number of amides is 1. The van der Waals surface area contributed by atoms with E-state index in [9.17, 15) is 9.18 Å². The highest BCUT2D eigenvalue weighted by Gasteiger charge is 2.26. The Bertz CT molecular complexity index is 701. The molecule has 0 radical (unpaired) electrons. The quantitative estimate of drug-likeness (QED) is 0.900. The third kappa shape index (κ3) is 3.06. The van der Waals surface area contributed by atoms with Crippen LogP contribution in [0.4, 0.5) is 4.39 Å². The monoisotopic (exact) mass is 300 g/mol. The lowest BCUT2D eigenvalue weighted by Crippen LogP contribution is -2.25. The van der Waals surface area contributed by atoms with E-state index in [1.807, 2.05) is 0 Å². The second-order valence-electron chi connectivity index (χ2n) is 6.01. The highest BCUT2D eigenvalue weighted by molar-refractivity contribution is 5.94. The van der Waals surface area contributed by atoms with Crippen molar-refractivity contribution < 1.29 is 9.18 Å². The highest BCUT2D eigenvalue weighted by Crippen LogP contribution is 2.38. The van der Waals surface area contributed by atoms with E-state index in [4.69, 9.17) is 0 Å². The second-order valence-corrected chi connectivity index (χ2v) is 6.01. The van der Waals surface area contributed by atoms with E-state index in [1.165, 1.54) is 41.9 Å². The first-order valence-corrected chi connectivity index (χ1v) is 7.77. The highest BCUT2D eigenvalue weighted by atomic mass is 19.1. The number of nitrogens with one attached hydrogen (secondary N) is 1. The van der Waals surface area contributed by atoms with Crippen LogP contribution in [-0.4, -0.2) is 17.0 Å². The zero-order valence-electron chi connectivity index (χ0n) is 13.0. The molecular formula is C18H21FN2O. The molecule has 1 aromatic carbocycles. The summed E-state index contributed by atoms with van der Waals surface area (Å²) in [6, 6.07) is 8.65. The number of rotatable bonds is 5. The SMILES string of the molecule is Cc1cc(CCNC(=O)c2cccc(F)c2)c(C)n1C1CC1. The predicted octanol–water partition coefficient (Wildman–Crippen LogP) is 3.55. The number of aryl methyl sites for hydroxylation is 1.